The molecular weight excluding hydrogens is 668 g/mol. The van der Waals surface area contributed by atoms with Crippen LogP contribution in [0.3, 0.4) is 0 Å². The molecule has 12 nitrogen and oxygen atoms in total. The lowest BCUT2D eigenvalue weighted by Crippen LogP contribution is -2.48. The molecule has 1 N–H and O–H groups in total. The van der Waals surface area contributed by atoms with E-state index in [0.29, 0.717) is 59.3 Å². The van der Waals surface area contributed by atoms with Crippen LogP contribution in [0.25, 0.3) is 0 Å². The predicted octanol–water partition coefficient (Wildman–Crippen LogP) is 5.87. The number of halogens is 1. The maximum absolute atomic E-state index is 14.6. The molecule has 50 heavy (non-hydrogen) atoms. The molecular formula is C37H49ClN2O10. The summed E-state index contributed by atoms with van der Waals surface area (Å²) in [6.07, 6.45) is -1.12. The number of esters is 1. The fraction of sp³-hybridized carbons (Fsp3) is 0.568. The first-order valence-electron chi connectivity index (χ1n) is 16.8. The summed E-state index contributed by atoms with van der Waals surface area (Å²) in [4.78, 5) is 55.1. The monoisotopic (exact) mass is 716 g/mol. The van der Waals surface area contributed by atoms with Crippen LogP contribution in [0.4, 0.5) is 5.69 Å². The Balaban J connectivity index is 1.68. The molecule has 1 fully saturated rings. The summed E-state index contributed by atoms with van der Waals surface area (Å²) in [5.74, 6) is -1.06. The smallest absolute Gasteiger partial charge is 0.313 e. The third-order valence-electron chi connectivity index (χ3n) is 8.88. The Morgan fingerprint density at radius 2 is 1.68 bits per heavy atom. The lowest BCUT2D eigenvalue weighted by atomic mass is 9.92. The van der Waals surface area contributed by atoms with E-state index >= 15 is 0 Å². The quantitative estimate of drug-likeness (QED) is 0.152. The number of carbonyl (C=O) groups excluding carboxylic acids is 3. The predicted molar refractivity (Wildman–Crippen MR) is 186 cm³/mol. The summed E-state index contributed by atoms with van der Waals surface area (Å²) in [7, 11) is 3.05. The van der Waals surface area contributed by atoms with E-state index in [1.807, 2.05) is 19.9 Å². The third-order valence-corrected chi connectivity index (χ3v) is 9.11. The van der Waals surface area contributed by atoms with Crippen LogP contribution in [0.2, 0.25) is 5.02 Å². The molecule has 2 atom stereocenters. The number of benzene rings is 2. The number of para-hydroxylation sites is 1. The normalized spacial score (nSPS) is 18.7. The van der Waals surface area contributed by atoms with Gasteiger partial charge in [-0.1, -0.05) is 37.6 Å². The van der Waals surface area contributed by atoms with Crippen LogP contribution in [-0.2, 0) is 33.4 Å². The van der Waals surface area contributed by atoms with Crippen molar-refractivity contribution in [2.24, 2.45) is 16.7 Å². The zero-order chi connectivity index (χ0) is 36.8. The molecule has 4 rings (SSSR count). The van der Waals surface area contributed by atoms with Gasteiger partial charge in [0, 0.05) is 53.3 Å². The van der Waals surface area contributed by atoms with Gasteiger partial charge in [-0.2, -0.15) is 0 Å². The summed E-state index contributed by atoms with van der Waals surface area (Å²) < 4.78 is 29.1. The number of rotatable bonds is 13. The number of piperidine rings is 1. The van der Waals surface area contributed by atoms with Crippen LogP contribution in [-0.4, -0.2) is 87.1 Å². The summed E-state index contributed by atoms with van der Waals surface area (Å²) in [6.45, 7) is 10.0. The van der Waals surface area contributed by atoms with Crippen molar-refractivity contribution < 1.29 is 48.0 Å². The zero-order valence-electron chi connectivity index (χ0n) is 30.0. The van der Waals surface area contributed by atoms with E-state index in [9.17, 15) is 24.3 Å². The summed E-state index contributed by atoms with van der Waals surface area (Å²) in [6, 6.07) is 10.6. The third kappa shape index (κ3) is 9.67. The molecule has 0 aliphatic carbocycles. The number of carbonyl (C=O) groups is 4. The number of likely N-dealkylation sites (tertiary alicyclic amines) is 1. The Morgan fingerprint density at radius 3 is 2.30 bits per heavy atom. The van der Waals surface area contributed by atoms with Gasteiger partial charge in [0.25, 0.3) is 5.91 Å². The number of hydrogen-bond donors (Lipinski definition) is 1. The van der Waals surface area contributed by atoms with Crippen molar-refractivity contribution in [2.45, 2.75) is 72.5 Å². The lowest BCUT2D eigenvalue weighted by Gasteiger charge is -2.34. The average molecular weight is 717 g/mol. The van der Waals surface area contributed by atoms with E-state index in [2.05, 4.69) is 0 Å². The molecule has 13 heteroatoms. The van der Waals surface area contributed by atoms with E-state index < -0.39 is 40.9 Å². The first-order valence-corrected chi connectivity index (χ1v) is 17.1. The molecule has 2 amide bonds. The SMILES string of the molecule is COc1cccc([C@H]2O[C@H](CC(=O)N3CCC(CC(=O)O)CC3)C(=O)N(CC(C)(C)COCOC(=O)C(C)(C)C)c3ccc(Cl)cc32)c1OC. The number of nitrogens with zero attached hydrogens (tertiary/aromatic N) is 2. The first-order chi connectivity index (χ1) is 23.5. The van der Waals surface area contributed by atoms with Gasteiger partial charge >= 0.3 is 11.9 Å². The van der Waals surface area contributed by atoms with Crippen LogP contribution in [0, 0.1) is 16.7 Å². The molecule has 2 aliphatic rings. The Kier molecular flexibility index (Phi) is 12.8. The zero-order valence-corrected chi connectivity index (χ0v) is 30.7. The molecule has 274 valence electrons. The second-order valence-electron chi connectivity index (χ2n) is 14.7. The van der Waals surface area contributed by atoms with Crippen LogP contribution in [0.15, 0.2) is 36.4 Å². The van der Waals surface area contributed by atoms with Gasteiger partial charge in [-0.15, -0.1) is 0 Å². The minimum Gasteiger partial charge on any atom is -0.493 e. The average Bonchev–Trinajstić information content (AvgIpc) is 3.15. The standard InChI is InChI=1S/C37H49ClN2O10/c1-36(2,3)35(45)49-22-48-21-37(4,5)20-40-27-12-11-24(38)18-26(27)32(25-9-8-10-28(46-6)33(25)47-7)50-29(34(40)44)19-30(41)39-15-13-23(14-16-39)17-31(42)43/h8-12,18,23,29,32H,13-17,19-22H2,1-7H3,(H,42,43)/t29-,32-/m1/s1. The molecule has 0 bridgehead atoms. The summed E-state index contributed by atoms with van der Waals surface area (Å²) in [5, 5.41) is 9.64. The van der Waals surface area contributed by atoms with E-state index in [-0.39, 0.29) is 44.6 Å². The lowest BCUT2D eigenvalue weighted by molar-refractivity contribution is -0.167. The second-order valence-corrected chi connectivity index (χ2v) is 15.1. The number of amides is 2. The van der Waals surface area contributed by atoms with E-state index in [1.165, 1.54) is 14.2 Å². The highest BCUT2D eigenvalue weighted by molar-refractivity contribution is 6.30. The number of methoxy groups -OCH3 is 2. The fourth-order valence-corrected chi connectivity index (χ4v) is 6.43. The minimum atomic E-state index is -1.20. The molecule has 0 saturated carbocycles. The van der Waals surface area contributed by atoms with Crippen molar-refractivity contribution in [1.82, 2.24) is 4.90 Å². The van der Waals surface area contributed by atoms with Crippen molar-refractivity contribution in [2.75, 3.05) is 52.2 Å². The number of fused-ring (bicyclic) bond motifs is 1. The van der Waals surface area contributed by atoms with Crippen molar-refractivity contribution >= 4 is 41.0 Å². The number of carboxylic acids is 1. The maximum Gasteiger partial charge on any atom is 0.313 e. The number of ether oxygens (including phenoxy) is 5. The minimum absolute atomic E-state index is 0.00612. The number of anilines is 1. The Bertz CT molecular complexity index is 1550. The molecule has 1 saturated heterocycles. The summed E-state index contributed by atoms with van der Waals surface area (Å²) >= 11 is 6.57. The van der Waals surface area contributed by atoms with Crippen LogP contribution < -0.4 is 14.4 Å². The van der Waals surface area contributed by atoms with Crippen molar-refractivity contribution in [3.8, 4) is 11.5 Å². The van der Waals surface area contributed by atoms with Crippen LogP contribution in [0.1, 0.15) is 77.5 Å². The van der Waals surface area contributed by atoms with E-state index in [0.717, 1.165) is 0 Å². The van der Waals surface area contributed by atoms with Crippen LogP contribution in [0.5, 0.6) is 11.5 Å². The Hall–Kier alpha value is -3.87. The summed E-state index contributed by atoms with van der Waals surface area (Å²) in [5.41, 5.74) is 0.406. The molecule has 2 aromatic rings. The van der Waals surface area contributed by atoms with E-state index in [1.54, 1.807) is 60.9 Å². The topological polar surface area (TPSA) is 141 Å². The van der Waals surface area contributed by atoms with E-state index in [4.69, 9.17) is 35.3 Å². The Labute approximate surface area is 298 Å². The maximum atomic E-state index is 14.6. The van der Waals surface area contributed by atoms with Crippen molar-refractivity contribution in [3.63, 3.8) is 0 Å². The Morgan fingerprint density at radius 1 is 0.980 bits per heavy atom. The van der Waals surface area contributed by atoms with Crippen molar-refractivity contribution in [1.29, 1.82) is 0 Å². The van der Waals surface area contributed by atoms with Gasteiger partial charge in [0.15, 0.2) is 18.3 Å². The molecule has 2 heterocycles. The first kappa shape index (κ1) is 38.9. The van der Waals surface area contributed by atoms with Gasteiger partial charge in [-0.05, 0) is 63.8 Å². The molecule has 2 aliphatic heterocycles. The van der Waals surface area contributed by atoms with Gasteiger partial charge in [-0.25, -0.2) is 0 Å². The van der Waals surface area contributed by atoms with Crippen LogP contribution >= 0.6 is 11.6 Å². The highest BCUT2D eigenvalue weighted by atomic mass is 35.5. The molecule has 0 unspecified atom stereocenters. The van der Waals surface area contributed by atoms with Gasteiger partial charge in [-0.3, -0.25) is 19.2 Å². The highest BCUT2D eigenvalue weighted by Gasteiger charge is 2.41. The van der Waals surface area contributed by atoms with Gasteiger partial charge < -0.3 is 38.6 Å². The van der Waals surface area contributed by atoms with Gasteiger partial charge in [0.2, 0.25) is 5.91 Å². The molecule has 0 spiro atoms. The largest absolute Gasteiger partial charge is 0.493 e. The van der Waals surface area contributed by atoms with Gasteiger partial charge in [0.05, 0.1) is 32.7 Å². The number of aliphatic carboxylic acids is 1. The second kappa shape index (κ2) is 16.4. The fourth-order valence-electron chi connectivity index (χ4n) is 6.25. The highest BCUT2D eigenvalue weighted by Crippen LogP contribution is 2.46. The molecule has 2 aromatic carbocycles. The van der Waals surface area contributed by atoms with Gasteiger partial charge in [0.1, 0.15) is 12.2 Å². The molecule has 0 aromatic heterocycles. The molecule has 0 radical (unpaired) electrons. The van der Waals surface area contributed by atoms with Crippen molar-refractivity contribution in [3.05, 3.63) is 52.5 Å². The number of hydrogen-bond acceptors (Lipinski definition) is 9. The number of carboxylic acid groups (broad SMARTS) is 1.